The summed E-state index contributed by atoms with van der Waals surface area (Å²) in [7, 11) is -2.80. The molecule has 0 radical (unpaired) electrons. The van der Waals surface area contributed by atoms with Crippen LogP contribution in [-0.2, 0) is 15.0 Å². The zero-order chi connectivity index (χ0) is 16.5. The third-order valence-electron chi connectivity index (χ3n) is 3.73. The minimum atomic E-state index is -4.99. The number of nitrogens with zero attached hydrogens (tertiary/aromatic N) is 2. The lowest BCUT2D eigenvalue weighted by Crippen LogP contribution is -2.49. The molecule has 6 nitrogen and oxygen atoms in total. The predicted octanol–water partition coefficient (Wildman–Crippen LogP) is 1.30. The maximum Gasteiger partial charge on any atom is 0.406 e. The molecule has 0 aliphatic carbocycles. The van der Waals surface area contributed by atoms with Crippen LogP contribution >= 0.6 is 0 Å². The highest BCUT2D eigenvalue weighted by molar-refractivity contribution is 7.86. The molecule has 21 heavy (non-hydrogen) atoms. The summed E-state index contributed by atoms with van der Waals surface area (Å²) in [5.41, 5.74) is -3.02. The molecule has 124 valence electrons. The summed E-state index contributed by atoms with van der Waals surface area (Å²) in [6.45, 7) is 0.506. The normalized spacial score (nSPS) is 24.7. The molecule has 0 aromatic rings. The quantitative estimate of drug-likeness (QED) is 0.795. The molecule has 1 rings (SSSR count). The van der Waals surface area contributed by atoms with Crippen molar-refractivity contribution in [1.82, 2.24) is 8.61 Å². The van der Waals surface area contributed by atoms with Gasteiger partial charge in [-0.15, -0.1) is 0 Å². The first-order valence-corrected chi connectivity index (χ1v) is 7.90. The summed E-state index contributed by atoms with van der Waals surface area (Å²) < 4.78 is 64.9. The minimum Gasteiger partial charge on any atom is -0.481 e. The van der Waals surface area contributed by atoms with E-state index in [0.717, 1.165) is 10.7 Å². The lowest BCUT2D eigenvalue weighted by atomic mass is 9.86. The molecule has 0 spiro atoms. The van der Waals surface area contributed by atoms with Gasteiger partial charge in [0.25, 0.3) is 10.2 Å². The van der Waals surface area contributed by atoms with Gasteiger partial charge in [0.05, 0.1) is 0 Å². The van der Waals surface area contributed by atoms with E-state index in [-0.39, 0.29) is 6.54 Å². The molecule has 1 unspecified atom stereocenters. The van der Waals surface area contributed by atoms with Crippen LogP contribution in [0.25, 0.3) is 0 Å². The molecule has 0 amide bonds. The summed E-state index contributed by atoms with van der Waals surface area (Å²) in [6, 6.07) is 0. The fraction of sp³-hybridized carbons (Fsp3) is 0.909. The van der Waals surface area contributed by atoms with Crippen LogP contribution in [0.4, 0.5) is 13.2 Å². The van der Waals surface area contributed by atoms with Crippen LogP contribution in [0.1, 0.15) is 26.2 Å². The molecule has 1 N–H and O–H groups in total. The highest BCUT2D eigenvalue weighted by Crippen LogP contribution is 2.46. The monoisotopic (exact) mass is 332 g/mol. The number of halogens is 3. The van der Waals surface area contributed by atoms with E-state index in [1.54, 1.807) is 0 Å². The van der Waals surface area contributed by atoms with E-state index in [4.69, 9.17) is 5.11 Å². The first kappa shape index (κ1) is 18.2. The van der Waals surface area contributed by atoms with Gasteiger partial charge in [-0.25, -0.2) is 0 Å². The van der Waals surface area contributed by atoms with Crippen molar-refractivity contribution in [3.63, 3.8) is 0 Å². The van der Waals surface area contributed by atoms with Gasteiger partial charge in [-0.1, -0.05) is 13.3 Å². The molecule has 10 heteroatoms. The Labute approximate surface area is 121 Å². The number of carboxylic acid groups (broad SMARTS) is 1. The van der Waals surface area contributed by atoms with Crippen LogP contribution in [-0.4, -0.2) is 61.0 Å². The lowest BCUT2D eigenvalue weighted by molar-refractivity contribution is -0.226. The first-order chi connectivity index (χ1) is 9.49. The minimum absolute atomic E-state index is 0.182. The largest absolute Gasteiger partial charge is 0.481 e. The summed E-state index contributed by atoms with van der Waals surface area (Å²) >= 11 is 0. The molecular weight excluding hydrogens is 313 g/mol. The van der Waals surface area contributed by atoms with Gasteiger partial charge in [0.2, 0.25) is 0 Å². The summed E-state index contributed by atoms with van der Waals surface area (Å²) in [6.07, 6.45) is -4.45. The number of carbonyl (C=O) groups is 1. The number of aliphatic carboxylic acids is 1. The van der Waals surface area contributed by atoms with Gasteiger partial charge < -0.3 is 5.11 Å². The van der Waals surface area contributed by atoms with Crippen molar-refractivity contribution in [3.05, 3.63) is 0 Å². The number of carboxylic acids is 1. The Morgan fingerprint density at radius 1 is 1.43 bits per heavy atom. The van der Waals surface area contributed by atoms with Crippen molar-refractivity contribution >= 4 is 16.2 Å². The van der Waals surface area contributed by atoms with Gasteiger partial charge in [-0.05, 0) is 12.8 Å². The Hall–Kier alpha value is -0.870. The molecule has 1 fully saturated rings. The predicted molar refractivity (Wildman–Crippen MR) is 68.8 cm³/mol. The highest BCUT2D eigenvalue weighted by atomic mass is 32.2. The van der Waals surface area contributed by atoms with Crippen molar-refractivity contribution < 1.29 is 31.5 Å². The van der Waals surface area contributed by atoms with Crippen LogP contribution < -0.4 is 0 Å². The summed E-state index contributed by atoms with van der Waals surface area (Å²) in [5, 5.41) is 8.91. The van der Waals surface area contributed by atoms with Crippen LogP contribution in [0.5, 0.6) is 0 Å². The van der Waals surface area contributed by atoms with E-state index in [1.165, 1.54) is 7.05 Å². The molecule has 1 aliphatic heterocycles. The Bertz CT molecular complexity index is 494. The van der Waals surface area contributed by atoms with Gasteiger partial charge in [0.1, 0.15) is 0 Å². The van der Waals surface area contributed by atoms with Gasteiger partial charge in [-0.3, -0.25) is 4.79 Å². The Balaban J connectivity index is 2.97. The topological polar surface area (TPSA) is 77.9 Å². The molecule has 1 atom stereocenters. The number of hydrogen-bond donors (Lipinski definition) is 1. The van der Waals surface area contributed by atoms with E-state index in [2.05, 4.69) is 0 Å². The van der Waals surface area contributed by atoms with Gasteiger partial charge in [0, 0.05) is 26.7 Å². The Morgan fingerprint density at radius 3 is 2.38 bits per heavy atom. The molecule has 0 saturated carbocycles. The maximum atomic E-state index is 13.0. The number of hydrogen-bond acceptors (Lipinski definition) is 3. The number of alkyl halides is 3. The molecule has 0 aromatic heterocycles. The second-order valence-corrected chi connectivity index (χ2v) is 7.19. The molecule has 1 heterocycles. The zero-order valence-corrected chi connectivity index (χ0v) is 12.7. The van der Waals surface area contributed by atoms with E-state index in [9.17, 15) is 26.4 Å². The maximum absolute atomic E-state index is 13.0. The molecule has 0 aromatic carbocycles. The smallest absolute Gasteiger partial charge is 0.406 e. The number of unbranched alkanes of at least 4 members (excludes halogenated alkanes) is 1. The average Bonchev–Trinajstić information content (AvgIpc) is 2.82. The fourth-order valence-corrected chi connectivity index (χ4v) is 3.65. The third-order valence-corrected chi connectivity index (χ3v) is 5.67. The van der Waals surface area contributed by atoms with Crippen molar-refractivity contribution in [1.29, 1.82) is 0 Å². The van der Waals surface area contributed by atoms with Gasteiger partial charge in [0.15, 0.2) is 5.41 Å². The van der Waals surface area contributed by atoms with Crippen molar-refractivity contribution in [3.8, 4) is 0 Å². The Kier molecular flexibility index (Phi) is 5.27. The van der Waals surface area contributed by atoms with Crippen molar-refractivity contribution in [2.24, 2.45) is 5.41 Å². The van der Waals surface area contributed by atoms with E-state index in [1.807, 2.05) is 6.92 Å². The van der Waals surface area contributed by atoms with E-state index in [0.29, 0.717) is 10.7 Å². The summed E-state index contributed by atoms with van der Waals surface area (Å²) in [5.74, 6) is -2.04. The SMILES string of the molecule is CCCCN(C)S(=O)(=O)N1CCC(C(=O)O)(C(F)(F)F)C1. The fourth-order valence-electron chi connectivity index (χ4n) is 2.19. The van der Waals surface area contributed by atoms with Crippen LogP contribution in [0.15, 0.2) is 0 Å². The molecule has 1 saturated heterocycles. The first-order valence-electron chi connectivity index (χ1n) is 6.50. The third kappa shape index (κ3) is 3.32. The number of rotatable bonds is 6. The van der Waals surface area contributed by atoms with E-state index >= 15 is 0 Å². The van der Waals surface area contributed by atoms with Crippen molar-refractivity contribution in [2.45, 2.75) is 32.4 Å². The second kappa shape index (κ2) is 6.09. The highest BCUT2D eigenvalue weighted by Gasteiger charge is 2.65. The zero-order valence-electron chi connectivity index (χ0n) is 11.9. The van der Waals surface area contributed by atoms with Gasteiger partial charge in [-0.2, -0.15) is 30.2 Å². The lowest BCUT2D eigenvalue weighted by Gasteiger charge is -2.28. The standard InChI is InChI=1S/C11H19F3N2O4S/c1-3-4-6-15(2)21(19,20)16-7-5-10(8-16,9(17)18)11(12,13)14/h3-8H2,1-2H3,(H,17,18). The molecule has 0 bridgehead atoms. The molecular formula is C11H19F3N2O4S. The van der Waals surface area contributed by atoms with Crippen LogP contribution in [0, 0.1) is 5.41 Å². The second-order valence-electron chi connectivity index (χ2n) is 5.15. The van der Waals surface area contributed by atoms with Crippen LogP contribution in [0.2, 0.25) is 0 Å². The van der Waals surface area contributed by atoms with Crippen molar-refractivity contribution in [2.75, 3.05) is 26.7 Å². The Morgan fingerprint density at radius 2 is 2.00 bits per heavy atom. The van der Waals surface area contributed by atoms with E-state index < -0.39 is 47.3 Å². The summed E-state index contributed by atoms with van der Waals surface area (Å²) in [4.78, 5) is 11.0. The van der Waals surface area contributed by atoms with Gasteiger partial charge >= 0.3 is 12.1 Å². The average molecular weight is 332 g/mol. The van der Waals surface area contributed by atoms with Crippen LogP contribution in [0.3, 0.4) is 0 Å². The molecule has 1 aliphatic rings.